The zero-order chi connectivity index (χ0) is 14.2. The number of aliphatic carboxylic acids is 1. The minimum atomic E-state index is -3.61. The third-order valence-electron chi connectivity index (χ3n) is 3.17. The van der Waals surface area contributed by atoms with Crippen LogP contribution in [-0.4, -0.2) is 41.9 Å². The summed E-state index contributed by atoms with van der Waals surface area (Å²) in [5.74, 6) is -1.55. The van der Waals surface area contributed by atoms with Gasteiger partial charge in [0, 0.05) is 13.1 Å². The molecule has 8 heteroatoms. The number of aromatic nitrogens is 1. The second-order valence-electron chi connectivity index (χ2n) is 4.65. The zero-order valence-corrected chi connectivity index (χ0v) is 12.4. The highest BCUT2D eigenvalue weighted by atomic mass is 32.2. The molecule has 0 radical (unpaired) electrons. The smallest absolute Gasteiger partial charge is 0.307 e. The van der Waals surface area contributed by atoms with E-state index >= 15 is 0 Å². The lowest BCUT2D eigenvalue weighted by Crippen LogP contribution is -2.42. The molecule has 1 atom stereocenters. The topological polar surface area (TPSA) is 87.6 Å². The van der Waals surface area contributed by atoms with Crippen LogP contribution in [0.3, 0.4) is 0 Å². The molecular formula is C11H16N2O4S2. The van der Waals surface area contributed by atoms with Gasteiger partial charge in [0.25, 0.3) is 10.0 Å². The van der Waals surface area contributed by atoms with E-state index in [1.807, 2.05) is 0 Å². The van der Waals surface area contributed by atoms with Crippen molar-refractivity contribution in [3.8, 4) is 0 Å². The summed E-state index contributed by atoms with van der Waals surface area (Å²) in [7, 11) is -3.61. The minimum Gasteiger partial charge on any atom is -0.481 e. The predicted octanol–water partition coefficient (Wildman–Crippen LogP) is 1.25. The molecule has 6 nitrogen and oxygen atoms in total. The Kier molecular flexibility index (Phi) is 3.93. The van der Waals surface area contributed by atoms with Crippen LogP contribution in [0.15, 0.2) is 4.21 Å². The second-order valence-corrected chi connectivity index (χ2v) is 7.98. The van der Waals surface area contributed by atoms with Crippen molar-refractivity contribution < 1.29 is 18.3 Å². The molecule has 1 unspecified atom stereocenters. The van der Waals surface area contributed by atoms with E-state index in [-0.39, 0.29) is 10.8 Å². The molecule has 0 spiro atoms. The van der Waals surface area contributed by atoms with Crippen molar-refractivity contribution in [1.29, 1.82) is 0 Å². The van der Waals surface area contributed by atoms with E-state index in [1.54, 1.807) is 13.8 Å². The van der Waals surface area contributed by atoms with E-state index in [4.69, 9.17) is 5.11 Å². The summed E-state index contributed by atoms with van der Waals surface area (Å²) in [6.07, 6.45) is 1.11. The van der Waals surface area contributed by atoms with Crippen LogP contribution in [0.25, 0.3) is 0 Å². The van der Waals surface area contributed by atoms with E-state index in [9.17, 15) is 13.2 Å². The Bertz CT molecular complexity index is 594. The summed E-state index contributed by atoms with van der Waals surface area (Å²) in [5, 5.41) is 9.72. The Balaban J connectivity index is 2.29. The molecule has 1 N–H and O–H groups in total. The minimum absolute atomic E-state index is 0.0497. The summed E-state index contributed by atoms with van der Waals surface area (Å²) in [6.45, 7) is 3.85. The molecule has 0 bridgehead atoms. The Morgan fingerprint density at radius 2 is 2.16 bits per heavy atom. The molecular weight excluding hydrogens is 288 g/mol. The van der Waals surface area contributed by atoms with Crippen LogP contribution in [-0.2, 0) is 14.8 Å². The lowest BCUT2D eigenvalue weighted by atomic mass is 10.0. The fourth-order valence-corrected chi connectivity index (χ4v) is 5.37. The zero-order valence-electron chi connectivity index (χ0n) is 10.8. The Hall–Kier alpha value is -0.990. The standard InChI is InChI=1S/C11H16N2O4S2/c1-7-11(18-8(2)12-7)19(16,17)13-5-3-4-9(6-13)10(14)15/h9H,3-6H2,1-2H3,(H,14,15). The Labute approximate surface area is 116 Å². The van der Waals surface area contributed by atoms with Crippen molar-refractivity contribution in [3.05, 3.63) is 10.7 Å². The normalized spacial score (nSPS) is 21.5. The average molecular weight is 304 g/mol. The van der Waals surface area contributed by atoms with Crippen molar-refractivity contribution in [2.75, 3.05) is 13.1 Å². The molecule has 2 heterocycles. The maximum absolute atomic E-state index is 12.5. The largest absolute Gasteiger partial charge is 0.481 e. The molecule has 1 fully saturated rings. The van der Waals surface area contributed by atoms with Crippen molar-refractivity contribution >= 4 is 27.3 Å². The van der Waals surface area contributed by atoms with Crippen LogP contribution < -0.4 is 0 Å². The Morgan fingerprint density at radius 1 is 1.47 bits per heavy atom. The highest BCUT2D eigenvalue weighted by Crippen LogP contribution is 2.29. The number of sulfonamides is 1. The van der Waals surface area contributed by atoms with E-state index in [1.165, 1.54) is 4.31 Å². The first-order valence-electron chi connectivity index (χ1n) is 5.99. The number of carboxylic acid groups (broad SMARTS) is 1. The quantitative estimate of drug-likeness (QED) is 0.908. The second kappa shape index (κ2) is 5.18. The molecule has 0 aliphatic carbocycles. The number of aryl methyl sites for hydroxylation is 2. The fourth-order valence-electron chi connectivity index (χ4n) is 2.23. The van der Waals surface area contributed by atoms with Crippen LogP contribution >= 0.6 is 11.3 Å². The first kappa shape index (κ1) is 14.4. The first-order chi connectivity index (χ1) is 8.82. The van der Waals surface area contributed by atoms with Crippen LogP contribution in [0.5, 0.6) is 0 Å². The van der Waals surface area contributed by atoms with Gasteiger partial charge in [-0.3, -0.25) is 4.79 Å². The lowest BCUT2D eigenvalue weighted by Gasteiger charge is -2.29. The van der Waals surface area contributed by atoms with Gasteiger partial charge in [0.15, 0.2) is 4.21 Å². The highest BCUT2D eigenvalue weighted by Gasteiger charge is 2.35. The van der Waals surface area contributed by atoms with Gasteiger partial charge in [0.1, 0.15) is 0 Å². The number of carboxylic acids is 1. The van der Waals surface area contributed by atoms with Crippen LogP contribution in [0, 0.1) is 19.8 Å². The molecule has 106 valence electrons. The lowest BCUT2D eigenvalue weighted by molar-refractivity contribution is -0.142. The monoisotopic (exact) mass is 304 g/mol. The van der Waals surface area contributed by atoms with E-state index in [0.717, 1.165) is 11.3 Å². The van der Waals surface area contributed by atoms with Crippen molar-refractivity contribution in [2.24, 2.45) is 5.92 Å². The number of piperidine rings is 1. The van der Waals surface area contributed by atoms with Gasteiger partial charge in [-0.15, -0.1) is 11.3 Å². The molecule has 19 heavy (non-hydrogen) atoms. The van der Waals surface area contributed by atoms with Crippen molar-refractivity contribution in [3.63, 3.8) is 0 Å². The molecule has 1 aliphatic rings. The molecule has 0 aromatic carbocycles. The van der Waals surface area contributed by atoms with Gasteiger partial charge in [-0.05, 0) is 26.7 Å². The number of carbonyl (C=O) groups is 1. The maximum Gasteiger partial charge on any atom is 0.307 e. The molecule has 0 amide bonds. The number of hydrogen-bond donors (Lipinski definition) is 1. The maximum atomic E-state index is 12.5. The Morgan fingerprint density at radius 3 is 2.68 bits per heavy atom. The van der Waals surface area contributed by atoms with Gasteiger partial charge >= 0.3 is 5.97 Å². The molecule has 1 aliphatic heterocycles. The third kappa shape index (κ3) is 2.80. The van der Waals surface area contributed by atoms with E-state index in [2.05, 4.69) is 4.98 Å². The number of rotatable bonds is 3. The number of thiazole rings is 1. The van der Waals surface area contributed by atoms with Gasteiger partial charge < -0.3 is 5.11 Å². The first-order valence-corrected chi connectivity index (χ1v) is 8.25. The van der Waals surface area contributed by atoms with Gasteiger partial charge in [-0.2, -0.15) is 4.31 Å². The van der Waals surface area contributed by atoms with E-state index in [0.29, 0.717) is 30.1 Å². The summed E-state index contributed by atoms with van der Waals surface area (Å²) in [5.41, 5.74) is 0.486. The summed E-state index contributed by atoms with van der Waals surface area (Å²) in [4.78, 5) is 15.1. The van der Waals surface area contributed by atoms with Gasteiger partial charge in [-0.1, -0.05) is 0 Å². The van der Waals surface area contributed by atoms with Gasteiger partial charge in [0.05, 0.1) is 16.6 Å². The van der Waals surface area contributed by atoms with Gasteiger partial charge in [-0.25, -0.2) is 13.4 Å². The summed E-state index contributed by atoms with van der Waals surface area (Å²) < 4.78 is 26.5. The average Bonchev–Trinajstić information content (AvgIpc) is 2.69. The number of hydrogen-bond acceptors (Lipinski definition) is 5. The summed E-state index contributed by atoms with van der Waals surface area (Å²) >= 11 is 1.14. The third-order valence-corrected chi connectivity index (χ3v) is 6.69. The van der Waals surface area contributed by atoms with Crippen LogP contribution in [0.4, 0.5) is 0 Å². The van der Waals surface area contributed by atoms with Gasteiger partial charge in [0.2, 0.25) is 0 Å². The molecule has 1 aromatic heterocycles. The van der Waals surface area contributed by atoms with Crippen LogP contribution in [0.2, 0.25) is 0 Å². The van der Waals surface area contributed by atoms with Crippen molar-refractivity contribution in [2.45, 2.75) is 30.9 Å². The fraction of sp³-hybridized carbons (Fsp3) is 0.636. The van der Waals surface area contributed by atoms with E-state index < -0.39 is 21.9 Å². The molecule has 2 rings (SSSR count). The SMILES string of the molecule is Cc1nc(C)c(S(=O)(=O)N2CCCC(C(=O)O)C2)s1. The molecule has 0 saturated carbocycles. The summed E-state index contributed by atoms with van der Waals surface area (Å²) in [6, 6.07) is 0. The molecule has 1 saturated heterocycles. The predicted molar refractivity (Wildman–Crippen MR) is 70.7 cm³/mol. The molecule has 1 aromatic rings. The van der Waals surface area contributed by atoms with Crippen LogP contribution in [0.1, 0.15) is 23.5 Å². The number of nitrogens with zero attached hydrogens (tertiary/aromatic N) is 2. The van der Waals surface area contributed by atoms with Crippen molar-refractivity contribution in [1.82, 2.24) is 9.29 Å². The highest BCUT2D eigenvalue weighted by molar-refractivity contribution is 7.91.